The van der Waals surface area contributed by atoms with Crippen molar-refractivity contribution in [2.75, 3.05) is 25.0 Å². The number of nitrogens with zero attached hydrogens (tertiary/aromatic N) is 4. The van der Waals surface area contributed by atoms with Gasteiger partial charge in [-0.05, 0) is 69.1 Å². The van der Waals surface area contributed by atoms with Crippen molar-refractivity contribution in [1.29, 1.82) is 0 Å². The van der Waals surface area contributed by atoms with E-state index in [0.29, 0.717) is 28.6 Å². The number of nitrogens with one attached hydrogen (secondary N) is 2. The van der Waals surface area contributed by atoms with Crippen LogP contribution in [-0.2, 0) is 13.6 Å². The van der Waals surface area contributed by atoms with Gasteiger partial charge in [0.05, 0.1) is 30.7 Å². The summed E-state index contributed by atoms with van der Waals surface area (Å²) in [5.41, 5.74) is 4.65. The molecule has 0 aliphatic carbocycles. The molecule has 9 heteroatoms. The Balaban J connectivity index is 1.65. The Morgan fingerprint density at radius 2 is 2.03 bits per heavy atom. The summed E-state index contributed by atoms with van der Waals surface area (Å²) in [4.78, 5) is 18.1. The first-order chi connectivity index (χ1) is 16.9. The molecule has 0 radical (unpaired) electrons. The fourth-order valence-electron chi connectivity index (χ4n) is 5.36. The van der Waals surface area contributed by atoms with Crippen molar-refractivity contribution in [2.24, 2.45) is 7.05 Å². The molecule has 184 valence electrons. The third-order valence-electron chi connectivity index (χ3n) is 7.01. The first-order valence-electron chi connectivity index (χ1n) is 12.1. The maximum atomic E-state index is 13.4. The molecule has 35 heavy (non-hydrogen) atoms. The molecular formula is C26H31ClN6O2. The zero-order valence-electron chi connectivity index (χ0n) is 20.3. The Kier molecular flexibility index (Phi) is 6.53. The third-order valence-corrected chi connectivity index (χ3v) is 7.22. The fraction of sp³-hybridized carbons (Fsp3) is 0.423. The Hall–Kier alpha value is -2.94. The number of aliphatic hydroxyl groups is 1. The van der Waals surface area contributed by atoms with Gasteiger partial charge < -0.3 is 15.7 Å². The highest BCUT2D eigenvalue weighted by atomic mass is 35.5. The molecule has 4 heterocycles. The van der Waals surface area contributed by atoms with E-state index in [9.17, 15) is 9.90 Å². The number of aryl methyl sites for hydroxylation is 2. The summed E-state index contributed by atoms with van der Waals surface area (Å²) in [5.74, 6) is 0.342. The van der Waals surface area contributed by atoms with E-state index in [1.54, 1.807) is 22.5 Å². The Labute approximate surface area is 208 Å². The smallest absolute Gasteiger partial charge is 0.259 e. The van der Waals surface area contributed by atoms with Gasteiger partial charge in [0.25, 0.3) is 5.56 Å². The van der Waals surface area contributed by atoms with Crippen LogP contribution in [0.4, 0.5) is 5.69 Å². The average molecular weight is 495 g/mol. The van der Waals surface area contributed by atoms with Gasteiger partial charge >= 0.3 is 0 Å². The number of rotatable bonds is 6. The lowest BCUT2D eigenvalue weighted by Crippen LogP contribution is -2.27. The number of hydrogen-bond donors (Lipinski definition) is 3. The summed E-state index contributed by atoms with van der Waals surface area (Å²) in [5, 5.41) is 24.0. The maximum absolute atomic E-state index is 13.4. The lowest BCUT2D eigenvalue weighted by molar-refractivity contribution is 0.271. The summed E-state index contributed by atoms with van der Waals surface area (Å²) in [6.45, 7) is 6.33. The number of piperidine rings is 1. The lowest BCUT2D eigenvalue weighted by atomic mass is 9.92. The largest absolute Gasteiger partial charge is 0.394 e. The van der Waals surface area contributed by atoms with Crippen LogP contribution >= 0.6 is 11.6 Å². The van der Waals surface area contributed by atoms with Crippen molar-refractivity contribution in [1.82, 2.24) is 24.6 Å². The van der Waals surface area contributed by atoms with Crippen molar-refractivity contribution < 1.29 is 5.11 Å². The molecule has 0 bridgehead atoms. The summed E-state index contributed by atoms with van der Waals surface area (Å²) in [6, 6.07) is 7.81. The lowest BCUT2D eigenvalue weighted by Gasteiger charge is -2.26. The number of pyridine rings is 2. The highest BCUT2D eigenvalue weighted by Crippen LogP contribution is 2.36. The third kappa shape index (κ3) is 4.30. The van der Waals surface area contributed by atoms with Crippen LogP contribution in [0.25, 0.3) is 21.8 Å². The molecule has 0 spiro atoms. The van der Waals surface area contributed by atoms with Crippen LogP contribution < -0.4 is 16.2 Å². The normalized spacial score (nSPS) is 15.7. The predicted molar refractivity (Wildman–Crippen MR) is 140 cm³/mol. The van der Waals surface area contributed by atoms with Crippen molar-refractivity contribution in [3.8, 4) is 0 Å². The van der Waals surface area contributed by atoms with E-state index in [-0.39, 0.29) is 18.2 Å². The van der Waals surface area contributed by atoms with E-state index in [4.69, 9.17) is 16.6 Å². The quantitative estimate of drug-likeness (QED) is 0.352. The molecule has 1 aliphatic heterocycles. The molecule has 4 aromatic rings. The summed E-state index contributed by atoms with van der Waals surface area (Å²) >= 11 is 6.30. The summed E-state index contributed by atoms with van der Waals surface area (Å²) in [7, 11) is 1.76. The molecule has 1 unspecified atom stereocenters. The SMILES string of the molecule is Cc1cc(C(C)Nc2ccc(Cl)nc2C2CCNCC2)c2c(c1)c(=O)n(C)c1c2cnn1CCO. The second-order valence-corrected chi connectivity index (χ2v) is 9.81. The second kappa shape index (κ2) is 9.60. The van der Waals surface area contributed by atoms with Gasteiger partial charge in [0.2, 0.25) is 0 Å². The van der Waals surface area contributed by atoms with Crippen LogP contribution in [0.3, 0.4) is 0 Å². The van der Waals surface area contributed by atoms with Crippen LogP contribution in [0.2, 0.25) is 5.15 Å². The molecule has 0 saturated carbocycles. The zero-order chi connectivity index (χ0) is 24.7. The standard InChI is InChI=1S/C26H31ClN6O2/c1-15-12-18(16(2)30-21-4-5-22(27)31-24(21)17-6-8-28-9-7-17)23-19(13-15)26(35)32(3)25-20(23)14-29-33(25)10-11-34/h4-5,12-14,16-17,28,30,34H,6-11H2,1-3H3. The maximum Gasteiger partial charge on any atom is 0.259 e. The molecule has 8 nitrogen and oxygen atoms in total. The van der Waals surface area contributed by atoms with E-state index in [1.807, 2.05) is 25.1 Å². The van der Waals surface area contributed by atoms with Crippen molar-refractivity contribution in [2.45, 2.75) is 45.2 Å². The second-order valence-electron chi connectivity index (χ2n) is 9.43. The molecule has 1 atom stereocenters. The molecule has 3 aromatic heterocycles. The Morgan fingerprint density at radius 3 is 2.77 bits per heavy atom. The minimum Gasteiger partial charge on any atom is -0.394 e. The monoisotopic (exact) mass is 494 g/mol. The zero-order valence-corrected chi connectivity index (χ0v) is 21.1. The predicted octanol–water partition coefficient (Wildman–Crippen LogP) is 3.88. The molecular weight excluding hydrogens is 464 g/mol. The summed E-state index contributed by atoms with van der Waals surface area (Å²) in [6.07, 6.45) is 3.83. The van der Waals surface area contributed by atoms with Crippen LogP contribution in [0, 0.1) is 6.92 Å². The number of halogens is 1. The molecule has 1 fully saturated rings. The number of aromatic nitrogens is 4. The van der Waals surface area contributed by atoms with Gasteiger partial charge in [0.1, 0.15) is 10.8 Å². The van der Waals surface area contributed by atoms with Gasteiger partial charge in [-0.3, -0.25) is 9.36 Å². The van der Waals surface area contributed by atoms with Crippen LogP contribution in [0.15, 0.2) is 35.3 Å². The number of fused-ring (bicyclic) bond motifs is 3. The number of aliphatic hydroxyl groups excluding tert-OH is 1. The molecule has 1 aromatic carbocycles. The minimum absolute atomic E-state index is 0.0508. The molecule has 5 rings (SSSR count). The van der Waals surface area contributed by atoms with E-state index < -0.39 is 0 Å². The van der Waals surface area contributed by atoms with Gasteiger partial charge in [-0.15, -0.1) is 0 Å². The number of hydrogen-bond acceptors (Lipinski definition) is 6. The van der Waals surface area contributed by atoms with Crippen molar-refractivity contribution >= 4 is 39.1 Å². The first kappa shape index (κ1) is 23.8. The van der Waals surface area contributed by atoms with Gasteiger partial charge in [0, 0.05) is 35.2 Å². The topological polar surface area (TPSA) is 97.0 Å². The van der Waals surface area contributed by atoms with Gasteiger partial charge in [0.15, 0.2) is 0 Å². The highest BCUT2D eigenvalue weighted by Gasteiger charge is 2.23. The molecule has 0 amide bonds. The average Bonchev–Trinajstić information content (AvgIpc) is 3.27. The van der Waals surface area contributed by atoms with Crippen molar-refractivity contribution in [3.05, 3.63) is 62.8 Å². The van der Waals surface area contributed by atoms with Gasteiger partial charge in [-0.25, -0.2) is 9.67 Å². The number of benzene rings is 1. The van der Waals surface area contributed by atoms with Gasteiger partial charge in [-0.2, -0.15) is 5.10 Å². The Morgan fingerprint density at radius 1 is 1.26 bits per heavy atom. The molecule has 1 saturated heterocycles. The number of anilines is 1. The van der Waals surface area contributed by atoms with E-state index in [1.165, 1.54) is 0 Å². The fourth-order valence-corrected chi connectivity index (χ4v) is 5.51. The molecule has 1 aliphatic rings. The van der Waals surface area contributed by atoms with E-state index >= 15 is 0 Å². The minimum atomic E-state index is -0.0997. The Bertz CT molecular complexity index is 1450. The van der Waals surface area contributed by atoms with E-state index in [0.717, 1.165) is 59.2 Å². The first-order valence-corrected chi connectivity index (χ1v) is 12.5. The van der Waals surface area contributed by atoms with Crippen molar-refractivity contribution in [3.63, 3.8) is 0 Å². The van der Waals surface area contributed by atoms with Crippen LogP contribution in [0.5, 0.6) is 0 Å². The molecule has 3 N–H and O–H groups in total. The van der Waals surface area contributed by atoms with Gasteiger partial charge in [-0.1, -0.05) is 17.7 Å². The van der Waals surface area contributed by atoms with Crippen LogP contribution in [-0.4, -0.2) is 44.1 Å². The highest BCUT2D eigenvalue weighted by molar-refractivity contribution is 6.29. The van der Waals surface area contributed by atoms with Crippen LogP contribution in [0.1, 0.15) is 48.5 Å². The summed E-state index contributed by atoms with van der Waals surface area (Å²) < 4.78 is 3.32. The van der Waals surface area contributed by atoms with E-state index in [2.05, 4.69) is 28.7 Å².